The van der Waals surface area contributed by atoms with Gasteiger partial charge in [0.05, 0.1) is 6.54 Å². The summed E-state index contributed by atoms with van der Waals surface area (Å²) >= 11 is 0. The van der Waals surface area contributed by atoms with Crippen LogP contribution in [0.2, 0.25) is 0 Å². The maximum absolute atomic E-state index is 12.6. The van der Waals surface area contributed by atoms with Crippen LogP contribution in [-0.2, 0) is 39.9 Å². The van der Waals surface area contributed by atoms with E-state index in [2.05, 4.69) is 0 Å². The van der Waals surface area contributed by atoms with Crippen LogP contribution < -0.4 is 0 Å². The molecular weight excluding hydrogens is 342 g/mol. The van der Waals surface area contributed by atoms with Crippen LogP contribution in [0.1, 0.15) is 19.4 Å². The van der Waals surface area contributed by atoms with E-state index in [1.54, 1.807) is 13.8 Å². The predicted octanol–water partition coefficient (Wildman–Crippen LogP) is 0.789. The summed E-state index contributed by atoms with van der Waals surface area (Å²) in [6.07, 6.45) is -2.17. The van der Waals surface area contributed by atoms with Crippen molar-refractivity contribution in [3.05, 3.63) is 35.9 Å². The van der Waals surface area contributed by atoms with Crippen LogP contribution in [0.25, 0.3) is 0 Å². The Morgan fingerprint density at radius 2 is 1.96 bits per heavy atom. The molecule has 0 aliphatic carbocycles. The topological polar surface area (TPSA) is 83.5 Å². The number of carbonyl (C=O) groups is 2. The quantitative estimate of drug-likeness (QED) is 0.561. The Kier molecular flexibility index (Phi) is 4.54. The summed E-state index contributed by atoms with van der Waals surface area (Å²) in [5, 5.41) is 1.34. The van der Waals surface area contributed by atoms with E-state index in [0.717, 1.165) is 5.56 Å². The van der Waals surface area contributed by atoms with E-state index in [4.69, 9.17) is 23.8 Å². The van der Waals surface area contributed by atoms with Crippen molar-refractivity contribution in [2.75, 3.05) is 6.61 Å². The Labute approximate surface area is 150 Å². The molecule has 8 nitrogen and oxygen atoms in total. The van der Waals surface area contributed by atoms with Crippen molar-refractivity contribution in [2.45, 2.75) is 56.8 Å². The minimum atomic E-state index is -0.792. The molecule has 0 saturated carbocycles. The first kappa shape index (κ1) is 17.6. The molecule has 1 aromatic rings. The predicted molar refractivity (Wildman–Crippen MR) is 86.4 cm³/mol. The van der Waals surface area contributed by atoms with Gasteiger partial charge in [0.1, 0.15) is 31.0 Å². The van der Waals surface area contributed by atoms with Gasteiger partial charge in [-0.15, -0.1) is 5.06 Å². The molecule has 0 bridgehead atoms. The summed E-state index contributed by atoms with van der Waals surface area (Å²) in [5.74, 6) is -0.993. The van der Waals surface area contributed by atoms with E-state index >= 15 is 0 Å². The first-order valence-electron chi connectivity index (χ1n) is 8.55. The third kappa shape index (κ3) is 3.15. The van der Waals surface area contributed by atoms with E-state index in [0.29, 0.717) is 6.47 Å². The molecule has 26 heavy (non-hydrogen) atoms. The fraction of sp³-hybridized carbons (Fsp3) is 0.556. The molecule has 0 amide bonds. The van der Waals surface area contributed by atoms with Crippen LogP contribution in [0.4, 0.5) is 0 Å². The lowest BCUT2D eigenvalue weighted by atomic mass is 9.96. The average Bonchev–Trinajstić information content (AvgIpc) is 3.07. The zero-order chi connectivity index (χ0) is 18.3. The molecule has 5 atom stereocenters. The molecule has 4 rings (SSSR count). The van der Waals surface area contributed by atoms with E-state index in [9.17, 15) is 9.59 Å². The monoisotopic (exact) mass is 363 g/mol. The molecule has 3 aliphatic heterocycles. The van der Waals surface area contributed by atoms with E-state index in [1.807, 2.05) is 30.3 Å². The Morgan fingerprint density at radius 3 is 2.69 bits per heavy atom. The zero-order valence-electron chi connectivity index (χ0n) is 14.6. The number of rotatable bonds is 5. The van der Waals surface area contributed by atoms with Gasteiger partial charge in [-0.1, -0.05) is 30.3 Å². The zero-order valence-corrected chi connectivity index (χ0v) is 14.6. The number of fused-ring (bicyclic) bond motifs is 3. The summed E-state index contributed by atoms with van der Waals surface area (Å²) in [6, 6.07) is 8.64. The second-order valence-electron chi connectivity index (χ2n) is 7.02. The molecule has 0 unspecified atom stereocenters. The van der Waals surface area contributed by atoms with Gasteiger partial charge < -0.3 is 23.8 Å². The first-order valence-corrected chi connectivity index (χ1v) is 8.55. The molecule has 140 valence electrons. The van der Waals surface area contributed by atoms with Crippen LogP contribution in [-0.4, -0.2) is 60.4 Å². The van der Waals surface area contributed by atoms with Gasteiger partial charge in [-0.2, -0.15) is 0 Å². The highest BCUT2D eigenvalue weighted by molar-refractivity contribution is 5.86. The van der Waals surface area contributed by atoms with Crippen molar-refractivity contribution in [1.29, 1.82) is 0 Å². The third-order valence-electron chi connectivity index (χ3n) is 4.76. The van der Waals surface area contributed by atoms with Gasteiger partial charge in [0.25, 0.3) is 0 Å². The number of benzene rings is 1. The summed E-state index contributed by atoms with van der Waals surface area (Å²) in [6.45, 7) is 4.06. The van der Waals surface area contributed by atoms with Gasteiger partial charge in [0.2, 0.25) is 0 Å². The van der Waals surface area contributed by atoms with Crippen LogP contribution in [0.3, 0.4) is 0 Å². The van der Waals surface area contributed by atoms with Crippen molar-refractivity contribution >= 4 is 12.3 Å². The van der Waals surface area contributed by atoms with Gasteiger partial charge in [-0.3, -0.25) is 9.59 Å². The lowest BCUT2D eigenvalue weighted by Gasteiger charge is -2.38. The SMILES string of the molecule is CC1(C)O[C@H]2O[C@H]3[C@@H](OCC(=O)[C@@H]3N(Cc3ccccc3)OC=O)[C@H]2O1. The second kappa shape index (κ2) is 6.71. The summed E-state index contributed by atoms with van der Waals surface area (Å²) in [4.78, 5) is 28.7. The number of ketones is 1. The maximum atomic E-state index is 12.6. The van der Waals surface area contributed by atoms with Gasteiger partial charge in [0.15, 0.2) is 17.9 Å². The van der Waals surface area contributed by atoms with Crippen LogP contribution >= 0.6 is 0 Å². The van der Waals surface area contributed by atoms with E-state index in [1.165, 1.54) is 5.06 Å². The molecule has 0 radical (unpaired) electrons. The molecule has 8 heteroatoms. The molecule has 1 aromatic carbocycles. The molecule has 3 saturated heterocycles. The van der Waals surface area contributed by atoms with Gasteiger partial charge in [0, 0.05) is 0 Å². The van der Waals surface area contributed by atoms with Crippen molar-refractivity contribution < 1.29 is 33.4 Å². The molecule has 0 N–H and O–H groups in total. The first-order chi connectivity index (χ1) is 12.5. The molecule has 0 spiro atoms. The third-order valence-corrected chi connectivity index (χ3v) is 4.76. The molecular formula is C18H21NO7. The maximum Gasteiger partial charge on any atom is 0.313 e. The van der Waals surface area contributed by atoms with Gasteiger partial charge in [-0.05, 0) is 19.4 Å². The normalized spacial score (nSPS) is 35.2. The Morgan fingerprint density at radius 1 is 1.19 bits per heavy atom. The number of hydroxylamine groups is 2. The molecule has 3 aliphatic rings. The highest BCUT2D eigenvalue weighted by atomic mass is 16.8. The van der Waals surface area contributed by atoms with E-state index < -0.39 is 36.4 Å². The van der Waals surface area contributed by atoms with Crippen LogP contribution in [0.5, 0.6) is 0 Å². The fourth-order valence-corrected chi connectivity index (χ4v) is 3.74. The summed E-state index contributed by atoms with van der Waals surface area (Å²) < 4.78 is 23.2. The number of nitrogens with zero attached hydrogens (tertiary/aromatic N) is 1. The van der Waals surface area contributed by atoms with Crippen molar-refractivity contribution in [3.8, 4) is 0 Å². The van der Waals surface area contributed by atoms with Gasteiger partial charge in [-0.25, -0.2) is 0 Å². The highest BCUT2D eigenvalue weighted by Crippen LogP contribution is 2.42. The smallest absolute Gasteiger partial charge is 0.313 e. The van der Waals surface area contributed by atoms with Crippen molar-refractivity contribution in [1.82, 2.24) is 5.06 Å². The fourth-order valence-electron chi connectivity index (χ4n) is 3.74. The van der Waals surface area contributed by atoms with E-state index in [-0.39, 0.29) is 18.9 Å². The van der Waals surface area contributed by atoms with Crippen LogP contribution in [0, 0.1) is 0 Å². The van der Waals surface area contributed by atoms with Crippen LogP contribution in [0.15, 0.2) is 30.3 Å². The largest absolute Gasteiger partial charge is 0.370 e. The molecule has 0 aromatic heterocycles. The Bertz CT molecular complexity index is 679. The minimum absolute atomic E-state index is 0.101. The summed E-state index contributed by atoms with van der Waals surface area (Å²) in [5.41, 5.74) is 0.900. The van der Waals surface area contributed by atoms with Crippen molar-refractivity contribution in [2.24, 2.45) is 0 Å². The number of hydrogen-bond donors (Lipinski definition) is 0. The minimum Gasteiger partial charge on any atom is -0.370 e. The molecule has 3 fully saturated rings. The number of ether oxygens (including phenoxy) is 4. The lowest BCUT2D eigenvalue weighted by molar-refractivity contribution is -0.253. The number of hydrogen-bond acceptors (Lipinski definition) is 8. The Hall–Kier alpha value is -1.84. The number of Topliss-reactive ketones (excluding diaryl/α,β-unsaturated/α-hetero) is 1. The summed E-state index contributed by atoms with van der Waals surface area (Å²) in [7, 11) is 0. The Balaban J connectivity index is 1.57. The lowest BCUT2D eigenvalue weighted by Crippen LogP contribution is -2.59. The average molecular weight is 363 g/mol. The standard InChI is InChI=1S/C18H21NO7/c1-18(2)25-16-15-14(24-17(16)26-18)13(12(21)9-22-15)19(23-10-20)8-11-6-4-3-5-7-11/h3-7,10,13-17H,8-9H2,1-2H3/t13-,14+,15+,16+,17+/m0/s1. The highest BCUT2D eigenvalue weighted by Gasteiger charge is 2.61. The second-order valence-corrected chi connectivity index (χ2v) is 7.02. The molecule has 3 heterocycles. The number of carbonyl (C=O) groups excluding carboxylic acids is 2. The van der Waals surface area contributed by atoms with Crippen molar-refractivity contribution in [3.63, 3.8) is 0 Å². The van der Waals surface area contributed by atoms with Gasteiger partial charge >= 0.3 is 6.47 Å².